The standard InChI is InChI=1S/C23H28N4O2S2/c1-14-15(2)31-23-20(14)22(29)25-19(26-23)13-30-16(3)21(28)24-18-8-6-7-17(11-18)12-27-9-4-5-10-27/h6-8,11,16H,4-5,9-10,12-13H2,1-3H3,(H,24,28)(H,25,26,29). The van der Waals surface area contributed by atoms with Crippen molar-refractivity contribution in [2.24, 2.45) is 0 Å². The molecule has 1 saturated heterocycles. The molecule has 3 heterocycles. The number of nitrogens with one attached hydrogen (secondary N) is 2. The third-order valence-electron chi connectivity index (χ3n) is 5.73. The summed E-state index contributed by atoms with van der Waals surface area (Å²) in [5.41, 5.74) is 2.94. The summed E-state index contributed by atoms with van der Waals surface area (Å²) in [7, 11) is 0. The number of anilines is 1. The Balaban J connectivity index is 1.36. The molecule has 2 N–H and O–H groups in total. The van der Waals surface area contributed by atoms with Gasteiger partial charge in [-0.2, -0.15) is 0 Å². The van der Waals surface area contributed by atoms with Crippen molar-refractivity contribution in [1.82, 2.24) is 14.9 Å². The summed E-state index contributed by atoms with van der Waals surface area (Å²) in [6.07, 6.45) is 2.54. The van der Waals surface area contributed by atoms with Crippen LogP contribution in [-0.4, -0.2) is 39.1 Å². The van der Waals surface area contributed by atoms with E-state index in [4.69, 9.17) is 0 Å². The van der Waals surface area contributed by atoms with Gasteiger partial charge in [0.25, 0.3) is 5.56 Å². The SMILES string of the molecule is Cc1sc2nc(CSC(C)C(=O)Nc3cccc(CN4CCCC4)c3)[nH]c(=O)c2c1C. The number of thioether (sulfide) groups is 1. The fraction of sp³-hybridized carbons (Fsp3) is 0.435. The van der Waals surface area contributed by atoms with Crippen molar-refractivity contribution in [2.75, 3.05) is 18.4 Å². The maximum Gasteiger partial charge on any atom is 0.259 e. The Hall–Kier alpha value is -2.16. The van der Waals surface area contributed by atoms with Gasteiger partial charge in [0.05, 0.1) is 16.4 Å². The highest BCUT2D eigenvalue weighted by Gasteiger charge is 2.17. The normalized spacial score (nSPS) is 15.5. The van der Waals surface area contributed by atoms with E-state index in [2.05, 4.69) is 32.3 Å². The van der Waals surface area contributed by atoms with Crippen LogP contribution < -0.4 is 10.9 Å². The first kappa shape index (κ1) is 22.0. The first-order chi connectivity index (χ1) is 14.9. The molecule has 4 rings (SSSR count). The Bertz CT molecular complexity index is 1150. The van der Waals surface area contributed by atoms with Crippen LogP contribution >= 0.6 is 23.1 Å². The number of amides is 1. The molecule has 3 aromatic rings. The number of aromatic nitrogens is 2. The lowest BCUT2D eigenvalue weighted by Gasteiger charge is -2.16. The third-order valence-corrected chi connectivity index (χ3v) is 7.98. The number of fused-ring (bicyclic) bond motifs is 1. The molecule has 8 heteroatoms. The van der Waals surface area contributed by atoms with Crippen molar-refractivity contribution in [2.45, 2.75) is 51.2 Å². The summed E-state index contributed by atoms with van der Waals surface area (Å²) in [5, 5.41) is 3.43. The Morgan fingerprint density at radius 2 is 2.10 bits per heavy atom. The number of thiophene rings is 1. The molecule has 1 fully saturated rings. The fourth-order valence-corrected chi connectivity index (χ4v) is 5.64. The number of carbonyl (C=O) groups is 1. The lowest BCUT2D eigenvalue weighted by Crippen LogP contribution is -2.23. The minimum Gasteiger partial charge on any atom is -0.325 e. The monoisotopic (exact) mass is 456 g/mol. The van der Waals surface area contributed by atoms with Gasteiger partial charge in [-0.3, -0.25) is 14.5 Å². The summed E-state index contributed by atoms with van der Waals surface area (Å²) in [6.45, 7) is 9.06. The number of aromatic amines is 1. The molecule has 1 aliphatic heterocycles. The summed E-state index contributed by atoms with van der Waals surface area (Å²) < 4.78 is 0. The summed E-state index contributed by atoms with van der Waals surface area (Å²) >= 11 is 3.01. The van der Waals surface area contributed by atoms with Gasteiger partial charge < -0.3 is 10.3 Å². The number of H-pyrrole nitrogens is 1. The van der Waals surface area contributed by atoms with Gasteiger partial charge in [0.15, 0.2) is 0 Å². The van der Waals surface area contributed by atoms with Crippen LogP contribution in [0.1, 0.15) is 41.6 Å². The second-order valence-electron chi connectivity index (χ2n) is 8.10. The molecule has 1 atom stereocenters. The quantitative estimate of drug-likeness (QED) is 0.549. The topological polar surface area (TPSA) is 78.1 Å². The zero-order valence-corrected chi connectivity index (χ0v) is 19.8. The molecule has 0 radical (unpaired) electrons. The van der Waals surface area contributed by atoms with Crippen molar-refractivity contribution in [3.8, 4) is 0 Å². The van der Waals surface area contributed by atoms with E-state index >= 15 is 0 Å². The van der Waals surface area contributed by atoms with Gasteiger partial charge in [-0.15, -0.1) is 23.1 Å². The van der Waals surface area contributed by atoms with Gasteiger partial charge in [0.2, 0.25) is 5.91 Å². The van der Waals surface area contributed by atoms with Gasteiger partial charge in [-0.1, -0.05) is 12.1 Å². The number of carbonyl (C=O) groups excluding carboxylic acids is 1. The van der Waals surface area contributed by atoms with E-state index in [1.54, 1.807) is 0 Å². The number of hydrogen-bond acceptors (Lipinski definition) is 6. The summed E-state index contributed by atoms with van der Waals surface area (Å²) in [4.78, 5) is 36.9. The molecule has 1 aliphatic rings. The largest absolute Gasteiger partial charge is 0.325 e. The van der Waals surface area contributed by atoms with Crippen LogP contribution in [0.15, 0.2) is 29.1 Å². The molecule has 2 aromatic heterocycles. The van der Waals surface area contributed by atoms with Gasteiger partial charge >= 0.3 is 0 Å². The van der Waals surface area contributed by atoms with Gasteiger partial charge in [0.1, 0.15) is 10.7 Å². The molecule has 0 saturated carbocycles. The van der Waals surface area contributed by atoms with E-state index in [0.29, 0.717) is 17.0 Å². The van der Waals surface area contributed by atoms with E-state index in [-0.39, 0.29) is 16.7 Å². The predicted octanol–water partition coefficient (Wildman–Crippen LogP) is 4.46. The minimum absolute atomic E-state index is 0.0467. The number of aryl methyl sites for hydroxylation is 2. The Labute approximate surface area is 190 Å². The van der Waals surface area contributed by atoms with Crippen molar-refractivity contribution >= 4 is 44.9 Å². The molecule has 6 nitrogen and oxygen atoms in total. The van der Waals surface area contributed by atoms with Crippen LogP contribution in [0, 0.1) is 13.8 Å². The number of likely N-dealkylation sites (tertiary alicyclic amines) is 1. The number of benzene rings is 1. The first-order valence-electron chi connectivity index (χ1n) is 10.6. The lowest BCUT2D eigenvalue weighted by molar-refractivity contribution is -0.115. The molecule has 0 bridgehead atoms. The molecular formula is C23H28N4O2S2. The maximum atomic E-state index is 12.7. The highest BCUT2D eigenvalue weighted by Crippen LogP contribution is 2.26. The molecule has 31 heavy (non-hydrogen) atoms. The van der Waals surface area contributed by atoms with Crippen LogP contribution in [0.2, 0.25) is 0 Å². The zero-order valence-electron chi connectivity index (χ0n) is 18.2. The van der Waals surface area contributed by atoms with E-state index < -0.39 is 0 Å². The summed E-state index contributed by atoms with van der Waals surface area (Å²) in [6, 6.07) is 8.09. The van der Waals surface area contributed by atoms with Crippen molar-refractivity contribution in [3.05, 3.63) is 56.4 Å². The predicted molar refractivity (Wildman–Crippen MR) is 130 cm³/mol. The lowest BCUT2D eigenvalue weighted by atomic mass is 10.2. The van der Waals surface area contributed by atoms with Crippen LogP contribution in [-0.2, 0) is 17.1 Å². The van der Waals surface area contributed by atoms with E-state index in [9.17, 15) is 9.59 Å². The Morgan fingerprint density at radius 1 is 1.32 bits per heavy atom. The van der Waals surface area contributed by atoms with Crippen LogP contribution in [0.5, 0.6) is 0 Å². The molecular weight excluding hydrogens is 428 g/mol. The minimum atomic E-state index is -0.268. The second-order valence-corrected chi connectivity index (χ2v) is 10.6. The van der Waals surface area contributed by atoms with Crippen LogP contribution in [0.4, 0.5) is 5.69 Å². The third kappa shape index (κ3) is 5.19. The van der Waals surface area contributed by atoms with Crippen LogP contribution in [0.3, 0.4) is 0 Å². The van der Waals surface area contributed by atoms with Crippen molar-refractivity contribution < 1.29 is 4.79 Å². The Kier molecular flexibility index (Phi) is 6.79. The van der Waals surface area contributed by atoms with Gasteiger partial charge in [-0.25, -0.2) is 4.98 Å². The molecule has 0 aliphatic carbocycles. The average Bonchev–Trinajstić information content (AvgIpc) is 3.34. The van der Waals surface area contributed by atoms with Crippen molar-refractivity contribution in [3.63, 3.8) is 0 Å². The molecule has 164 valence electrons. The van der Waals surface area contributed by atoms with E-state index in [1.807, 2.05) is 32.9 Å². The zero-order chi connectivity index (χ0) is 22.0. The Morgan fingerprint density at radius 3 is 2.87 bits per heavy atom. The van der Waals surface area contributed by atoms with E-state index in [1.165, 1.54) is 41.5 Å². The van der Waals surface area contributed by atoms with Gasteiger partial charge in [0, 0.05) is 17.1 Å². The number of rotatable bonds is 7. The molecule has 1 aromatic carbocycles. The molecule has 1 unspecified atom stereocenters. The number of nitrogens with zero attached hydrogens (tertiary/aromatic N) is 2. The summed E-state index contributed by atoms with van der Waals surface area (Å²) in [5.74, 6) is 1.04. The maximum absolute atomic E-state index is 12.7. The van der Waals surface area contributed by atoms with Crippen molar-refractivity contribution in [1.29, 1.82) is 0 Å². The van der Waals surface area contributed by atoms with Crippen LogP contribution in [0.25, 0.3) is 10.2 Å². The van der Waals surface area contributed by atoms with Gasteiger partial charge in [-0.05, 0) is 70.0 Å². The highest BCUT2D eigenvalue weighted by atomic mass is 32.2. The molecule has 0 spiro atoms. The fourth-order valence-electron chi connectivity index (χ4n) is 3.84. The molecule has 1 amide bonds. The number of hydrogen-bond donors (Lipinski definition) is 2. The van der Waals surface area contributed by atoms with E-state index in [0.717, 1.165) is 40.6 Å². The highest BCUT2D eigenvalue weighted by molar-refractivity contribution is 7.99. The first-order valence-corrected chi connectivity index (χ1v) is 12.5. The smallest absolute Gasteiger partial charge is 0.259 e. The second kappa shape index (κ2) is 9.54. The average molecular weight is 457 g/mol.